The smallest absolute Gasteiger partial charge is 0.350 e. The molecule has 2 aromatic carbocycles. The first-order valence-electron chi connectivity index (χ1n) is 10.4. The lowest BCUT2D eigenvalue weighted by molar-refractivity contribution is 0.355. The molecular weight excluding hydrogens is 440 g/mol. The van der Waals surface area contributed by atoms with Crippen LogP contribution in [0.4, 0.5) is 14.6 Å². The van der Waals surface area contributed by atoms with E-state index < -0.39 is 11.6 Å². The zero-order chi connectivity index (χ0) is 21.9. The second-order valence-electron chi connectivity index (χ2n) is 8.65. The Balaban J connectivity index is 1.80. The van der Waals surface area contributed by atoms with Crippen LogP contribution in [-0.2, 0) is 6.54 Å². The molecule has 1 fully saturated rings. The van der Waals surface area contributed by atoms with Crippen molar-refractivity contribution in [3.8, 4) is 11.1 Å². The van der Waals surface area contributed by atoms with E-state index in [1.165, 1.54) is 12.1 Å². The van der Waals surface area contributed by atoms with Crippen LogP contribution in [0.25, 0.3) is 22.0 Å². The van der Waals surface area contributed by atoms with Gasteiger partial charge in [-0.25, -0.2) is 13.6 Å². The molecule has 3 aromatic rings. The fraction of sp³-hybridized carbons (Fsp3) is 0.391. The van der Waals surface area contributed by atoms with Gasteiger partial charge in [0, 0.05) is 52.9 Å². The van der Waals surface area contributed by atoms with Crippen LogP contribution in [-0.4, -0.2) is 28.4 Å². The number of aromatic nitrogens is 2. The van der Waals surface area contributed by atoms with E-state index in [1.807, 2.05) is 0 Å². The molecule has 1 saturated heterocycles. The number of aryl methyl sites for hydroxylation is 1. The number of piperidine rings is 1. The average molecular weight is 462 g/mol. The second kappa shape index (κ2) is 7.78. The van der Waals surface area contributed by atoms with Gasteiger partial charge in [-0.1, -0.05) is 25.4 Å². The van der Waals surface area contributed by atoms with Crippen LogP contribution in [0, 0.1) is 23.5 Å². The van der Waals surface area contributed by atoms with E-state index in [4.69, 9.17) is 11.6 Å². The van der Waals surface area contributed by atoms with Gasteiger partial charge in [-0.15, -0.1) is 11.8 Å². The molecule has 0 bridgehead atoms. The molecule has 0 saturated carbocycles. The predicted octanol–water partition coefficient (Wildman–Crippen LogP) is 5.58. The van der Waals surface area contributed by atoms with Gasteiger partial charge in [-0.05, 0) is 36.5 Å². The van der Waals surface area contributed by atoms with Crippen molar-refractivity contribution in [3.63, 3.8) is 0 Å². The Kier molecular flexibility index (Phi) is 5.21. The van der Waals surface area contributed by atoms with Crippen LogP contribution in [0.2, 0.25) is 5.02 Å². The van der Waals surface area contributed by atoms with Crippen molar-refractivity contribution in [2.24, 2.45) is 11.8 Å². The highest BCUT2D eigenvalue weighted by molar-refractivity contribution is 7.99. The lowest BCUT2D eigenvalue weighted by Gasteiger charge is -2.36. The molecule has 0 amide bonds. The van der Waals surface area contributed by atoms with Crippen LogP contribution in [0.1, 0.15) is 20.3 Å². The summed E-state index contributed by atoms with van der Waals surface area (Å²) in [5, 5.41) is 1.17. The first kappa shape index (κ1) is 20.8. The molecule has 0 N–H and O–H groups in total. The number of nitrogens with zero attached hydrogens (tertiary/aromatic N) is 3. The van der Waals surface area contributed by atoms with Gasteiger partial charge in [-0.3, -0.25) is 4.57 Å². The summed E-state index contributed by atoms with van der Waals surface area (Å²) in [4.78, 5) is 20.4. The molecule has 31 heavy (non-hydrogen) atoms. The zero-order valence-corrected chi connectivity index (χ0v) is 18.9. The molecule has 0 unspecified atom stereocenters. The maximum absolute atomic E-state index is 14.7. The third-order valence-corrected chi connectivity index (χ3v) is 7.45. The predicted molar refractivity (Wildman–Crippen MR) is 122 cm³/mol. The maximum atomic E-state index is 14.7. The molecule has 4 nitrogen and oxygen atoms in total. The number of benzene rings is 2. The van der Waals surface area contributed by atoms with Gasteiger partial charge in [-0.2, -0.15) is 4.98 Å². The lowest BCUT2D eigenvalue weighted by Crippen LogP contribution is -2.41. The zero-order valence-electron chi connectivity index (χ0n) is 17.3. The van der Waals surface area contributed by atoms with Gasteiger partial charge >= 0.3 is 5.69 Å². The molecule has 8 heteroatoms. The summed E-state index contributed by atoms with van der Waals surface area (Å²) in [6.07, 6.45) is 1.14. The fourth-order valence-electron chi connectivity index (χ4n) is 4.97. The molecule has 2 aliphatic rings. The van der Waals surface area contributed by atoms with Crippen molar-refractivity contribution in [3.05, 3.63) is 51.4 Å². The molecular formula is C23H22ClF2N3OS. The van der Waals surface area contributed by atoms with E-state index in [2.05, 4.69) is 23.7 Å². The van der Waals surface area contributed by atoms with Crippen molar-refractivity contribution in [1.82, 2.24) is 9.55 Å². The molecule has 1 aromatic heterocycles. The maximum Gasteiger partial charge on any atom is 0.350 e. The van der Waals surface area contributed by atoms with Crippen molar-refractivity contribution in [2.45, 2.75) is 31.7 Å². The highest BCUT2D eigenvalue weighted by atomic mass is 35.5. The van der Waals surface area contributed by atoms with Crippen LogP contribution in [0.5, 0.6) is 0 Å². The van der Waals surface area contributed by atoms with Crippen molar-refractivity contribution in [2.75, 3.05) is 23.7 Å². The summed E-state index contributed by atoms with van der Waals surface area (Å²) in [5.41, 5.74) is 1.17. The second-order valence-corrected chi connectivity index (χ2v) is 10.2. The Morgan fingerprint density at radius 3 is 2.61 bits per heavy atom. The van der Waals surface area contributed by atoms with Gasteiger partial charge in [0.15, 0.2) is 0 Å². The number of hydrogen-bond donors (Lipinski definition) is 0. The SMILES string of the molecule is C[C@@H]1C[C@H](C)CN(c2nc(=O)n3c4c(c(-c5ccc(F)cc5F)c(Cl)cc24)SCC3)C1. The monoisotopic (exact) mass is 461 g/mol. The van der Waals surface area contributed by atoms with Crippen LogP contribution in [0.3, 0.4) is 0 Å². The third kappa shape index (κ3) is 3.52. The number of anilines is 1. The topological polar surface area (TPSA) is 38.1 Å². The first-order valence-corrected chi connectivity index (χ1v) is 11.8. The number of rotatable bonds is 2. The molecule has 2 atom stereocenters. The average Bonchev–Trinajstić information content (AvgIpc) is 2.70. The Labute approximate surface area is 188 Å². The quantitative estimate of drug-likeness (QED) is 0.499. The Hall–Kier alpha value is -2.12. The Morgan fingerprint density at radius 2 is 1.90 bits per heavy atom. The molecule has 3 heterocycles. The minimum absolute atomic E-state index is 0.232. The van der Waals surface area contributed by atoms with Crippen LogP contribution in [0.15, 0.2) is 34.0 Å². The molecule has 2 aliphatic heterocycles. The van der Waals surface area contributed by atoms with Crippen LogP contribution >= 0.6 is 23.4 Å². The van der Waals surface area contributed by atoms with E-state index in [-0.39, 0.29) is 11.3 Å². The minimum atomic E-state index is -0.675. The lowest BCUT2D eigenvalue weighted by atomic mass is 9.91. The van der Waals surface area contributed by atoms with Crippen molar-refractivity contribution < 1.29 is 8.78 Å². The van der Waals surface area contributed by atoms with E-state index >= 15 is 0 Å². The summed E-state index contributed by atoms with van der Waals surface area (Å²) in [6, 6.07) is 5.27. The molecule has 0 spiro atoms. The number of hydrogen-bond acceptors (Lipinski definition) is 4. The molecule has 162 valence electrons. The molecule has 5 rings (SSSR count). The first-order chi connectivity index (χ1) is 14.8. The van der Waals surface area contributed by atoms with Gasteiger partial charge in [0.25, 0.3) is 0 Å². The largest absolute Gasteiger partial charge is 0.355 e. The van der Waals surface area contributed by atoms with E-state index in [0.29, 0.717) is 40.5 Å². The summed E-state index contributed by atoms with van der Waals surface area (Å²) in [7, 11) is 0. The number of thioether (sulfide) groups is 1. The standard InChI is InChI=1S/C23H22ClF2N3OS/c1-12-7-13(2)11-28(10-12)22-16-9-17(24)19(15-4-3-14(25)8-18(15)26)21-20(16)29(5-6-31-21)23(30)27-22/h3-4,8-9,12-13H,5-7,10-11H2,1-2H3/t12-,13+. The summed E-state index contributed by atoms with van der Waals surface area (Å²) in [5.74, 6) is 0.964. The van der Waals surface area contributed by atoms with E-state index in [1.54, 1.807) is 22.4 Å². The van der Waals surface area contributed by atoms with Crippen LogP contribution < -0.4 is 10.6 Å². The molecule has 0 aliphatic carbocycles. The van der Waals surface area contributed by atoms with Crippen molar-refractivity contribution in [1.29, 1.82) is 0 Å². The summed E-state index contributed by atoms with van der Waals surface area (Å²) >= 11 is 8.25. The van der Waals surface area contributed by atoms with E-state index in [9.17, 15) is 13.6 Å². The fourth-order valence-corrected chi connectivity index (χ4v) is 6.53. The highest BCUT2D eigenvalue weighted by Gasteiger charge is 2.29. The van der Waals surface area contributed by atoms with Gasteiger partial charge in [0.05, 0.1) is 10.5 Å². The molecule has 0 radical (unpaired) electrons. The highest BCUT2D eigenvalue weighted by Crippen LogP contribution is 2.46. The third-order valence-electron chi connectivity index (χ3n) is 6.08. The van der Waals surface area contributed by atoms with Crippen molar-refractivity contribution >= 4 is 40.1 Å². The Morgan fingerprint density at radius 1 is 1.16 bits per heavy atom. The van der Waals surface area contributed by atoms with Gasteiger partial charge < -0.3 is 4.90 Å². The summed E-state index contributed by atoms with van der Waals surface area (Å²) in [6.45, 7) is 6.59. The normalized spacial score (nSPS) is 21.0. The summed E-state index contributed by atoms with van der Waals surface area (Å²) < 4.78 is 29.9. The minimum Gasteiger partial charge on any atom is -0.355 e. The number of halogens is 3. The van der Waals surface area contributed by atoms with Gasteiger partial charge in [0.1, 0.15) is 17.5 Å². The van der Waals surface area contributed by atoms with E-state index in [0.717, 1.165) is 41.4 Å². The van der Waals surface area contributed by atoms with Gasteiger partial charge in [0.2, 0.25) is 0 Å². The Bertz CT molecular complexity index is 1250.